The van der Waals surface area contributed by atoms with Crippen LogP contribution in [-0.2, 0) is 0 Å². The van der Waals surface area contributed by atoms with E-state index in [1.165, 1.54) is 12.2 Å². The van der Waals surface area contributed by atoms with Crippen LogP contribution in [0.5, 0.6) is 0 Å². The Morgan fingerprint density at radius 2 is 2.12 bits per heavy atom. The van der Waals surface area contributed by atoms with Gasteiger partial charge in [0.05, 0.1) is 0 Å². The third-order valence-electron chi connectivity index (χ3n) is 2.85. The molecule has 5 heteroatoms. The summed E-state index contributed by atoms with van der Waals surface area (Å²) in [5, 5.41) is 11.9. The minimum absolute atomic E-state index is 0.178. The maximum atomic E-state index is 8.81. The molecule has 3 N–H and O–H groups in total. The number of anilines is 1. The van der Waals surface area contributed by atoms with Gasteiger partial charge in [-0.15, -0.1) is 0 Å². The molecule has 2 rings (SSSR count). The Kier molecular flexibility index (Phi) is 4.14. The molecule has 0 radical (unpaired) electrons. The second kappa shape index (κ2) is 5.82. The highest BCUT2D eigenvalue weighted by Crippen LogP contribution is 2.23. The van der Waals surface area contributed by atoms with Crippen LogP contribution in [0.2, 0.25) is 0 Å². The van der Waals surface area contributed by atoms with Crippen LogP contribution in [0.4, 0.5) is 5.69 Å². The quantitative estimate of drug-likeness (QED) is 0.364. The highest BCUT2D eigenvalue weighted by molar-refractivity contribution is 7.99. The Bertz CT molecular complexity index is 400. The van der Waals surface area contributed by atoms with Gasteiger partial charge in [-0.2, -0.15) is 11.8 Å². The minimum atomic E-state index is 0.178. The second-order valence-electron chi connectivity index (χ2n) is 3.96. The highest BCUT2D eigenvalue weighted by Gasteiger charge is 2.15. The zero-order valence-corrected chi connectivity index (χ0v) is 10.5. The zero-order chi connectivity index (χ0) is 12.1. The molecule has 1 heterocycles. The molecule has 92 valence electrons. The second-order valence-corrected chi connectivity index (χ2v) is 5.18. The first kappa shape index (κ1) is 12.1. The van der Waals surface area contributed by atoms with Crippen molar-refractivity contribution in [2.45, 2.75) is 6.42 Å². The smallest absolute Gasteiger partial charge is 0.172 e. The van der Waals surface area contributed by atoms with E-state index in [1.54, 1.807) is 0 Å². The number of rotatable bonds is 2. The summed E-state index contributed by atoms with van der Waals surface area (Å²) in [4.78, 5) is 2.31. The van der Waals surface area contributed by atoms with E-state index in [1.807, 2.05) is 36.0 Å². The van der Waals surface area contributed by atoms with Crippen LogP contribution in [-0.4, -0.2) is 35.6 Å². The number of para-hydroxylation sites is 1. The van der Waals surface area contributed by atoms with Gasteiger partial charge in [-0.25, -0.2) is 0 Å². The number of nitrogens with two attached hydrogens (primary N) is 1. The van der Waals surface area contributed by atoms with Gasteiger partial charge in [-0.1, -0.05) is 17.3 Å². The van der Waals surface area contributed by atoms with Crippen molar-refractivity contribution < 1.29 is 5.21 Å². The van der Waals surface area contributed by atoms with E-state index >= 15 is 0 Å². The molecule has 0 aromatic heterocycles. The van der Waals surface area contributed by atoms with Gasteiger partial charge in [0.15, 0.2) is 5.84 Å². The molecule has 1 aromatic rings. The Balaban J connectivity index is 2.30. The van der Waals surface area contributed by atoms with Crippen molar-refractivity contribution in [2.75, 3.05) is 29.5 Å². The molecule has 0 atom stereocenters. The first-order valence-electron chi connectivity index (χ1n) is 5.72. The van der Waals surface area contributed by atoms with Gasteiger partial charge in [-0.3, -0.25) is 0 Å². The number of nitrogens with zero attached hydrogens (tertiary/aromatic N) is 2. The van der Waals surface area contributed by atoms with Crippen molar-refractivity contribution in [3.05, 3.63) is 29.8 Å². The summed E-state index contributed by atoms with van der Waals surface area (Å²) in [5.74, 6) is 2.52. The number of hydrogen-bond acceptors (Lipinski definition) is 4. The van der Waals surface area contributed by atoms with Crippen molar-refractivity contribution in [2.24, 2.45) is 10.9 Å². The first-order chi connectivity index (χ1) is 8.33. The van der Waals surface area contributed by atoms with E-state index in [9.17, 15) is 0 Å². The summed E-state index contributed by atoms with van der Waals surface area (Å²) in [7, 11) is 0. The summed E-state index contributed by atoms with van der Waals surface area (Å²) >= 11 is 1.98. The van der Waals surface area contributed by atoms with Crippen LogP contribution in [0, 0.1) is 0 Å². The van der Waals surface area contributed by atoms with Gasteiger partial charge in [0.1, 0.15) is 0 Å². The lowest BCUT2D eigenvalue weighted by Gasteiger charge is -2.24. The number of thioether (sulfide) groups is 1. The fourth-order valence-corrected chi connectivity index (χ4v) is 2.89. The van der Waals surface area contributed by atoms with Crippen LogP contribution in [0.25, 0.3) is 0 Å². The van der Waals surface area contributed by atoms with Crippen LogP contribution < -0.4 is 10.6 Å². The molecular formula is C12H17N3OS. The topological polar surface area (TPSA) is 61.9 Å². The largest absolute Gasteiger partial charge is 0.409 e. The fraction of sp³-hybridized carbons (Fsp3) is 0.417. The monoisotopic (exact) mass is 251 g/mol. The summed E-state index contributed by atoms with van der Waals surface area (Å²) < 4.78 is 0. The Morgan fingerprint density at radius 1 is 1.29 bits per heavy atom. The normalized spacial score (nSPS) is 17.9. The van der Waals surface area contributed by atoms with E-state index < -0.39 is 0 Å². The summed E-state index contributed by atoms with van der Waals surface area (Å²) in [6, 6.07) is 7.82. The molecule has 0 spiro atoms. The average Bonchev–Trinajstić information content (AvgIpc) is 2.66. The molecule has 17 heavy (non-hydrogen) atoms. The zero-order valence-electron chi connectivity index (χ0n) is 9.67. The maximum Gasteiger partial charge on any atom is 0.172 e. The molecular weight excluding hydrogens is 234 g/mol. The van der Waals surface area contributed by atoms with E-state index in [-0.39, 0.29) is 5.84 Å². The molecule has 1 aliphatic heterocycles. The van der Waals surface area contributed by atoms with Crippen molar-refractivity contribution in [1.82, 2.24) is 0 Å². The molecule has 0 aliphatic carbocycles. The molecule has 0 bridgehead atoms. The summed E-state index contributed by atoms with van der Waals surface area (Å²) in [6.07, 6.45) is 1.18. The molecule has 1 fully saturated rings. The van der Waals surface area contributed by atoms with Crippen LogP contribution in [0.3, 0.4) is 0 Å². The molecule has 1 saturated heterocycles. The van der Waals surface area contributed by atoms with Gasteiger partial charge in [0.2, 0.25) is 0 Å². The van der Waals surface area contributed by atoms with Gasteiger partial charge < -0.3 is 15.8 Å². The maximum absolute atomic E-state index is 8.81. The lowest BCUT2D eigenvalue weighted by Crippen LogP contribution is -2.28. The highest BCUT2D eigenvalue weighted by atomic mass is 32.2. The average molecular weight is 251 g/mol. The number of hydrogen-bond donors (Lipinski definition) is 2. The van der Waals surface area contributed by atoms with E-state index in [2.05, 4.69) is 10.1 Å². The Morgan fingerprint density at radius 3 is 2.94 bits per heavy atom. The van der Waals surface area contributed by atoms with Gasteiger partial charge >= 0.3 is 0 Å². The standard InChI is InChI=1S/C12H17N3OS/c13-12(14-16)10-4-1-2-5-11(10)15-6-3-8-17-9-7-15/h1-2,4-5,16H,3,6-9H2,(H2,13,14). The molecule has 4 nitrogen and oxygen atoms in total. The summed E-state index contributed by atoms with van der Waals surface area (Å²) in [5.41, 5.74) is 7.58. The molecule has 0 saturated carbocycles. The predicted octanol–water partition coefficient (Wildman–Crippen LogP) is 1.72. The molecule has 1 aromatic carbocycles. The number of oxime groups is 1. The minimum Gasteiger partial charge on any atom is -0.409 e. The van der Waals surface area contributed by atoms with Crippen LogP contribution >= 0.6 is 11.8 Å². The third-order valence-corrected chi connectivity index (χ3v) is 3.90. The predicted molar refractivity (Wildman–Crippen MR) is 73.1 cm³/mol. The van der Waals surface area contributed by atoms with Crippen molar-refractivity contribution in [3.63, 3.8) is 0 Å². The van der Waals surface area contributed by atoms with Gasteiger partial charge in [0, 0.05) is 30.1 Å². The van der Waals surface area contributed by atoms with E-state index in [0.29, 0.717) is 0 Å². The van der Waals surface area contributed by atoms with E-state index in [4.69, 9.17) is 10.9 Å². The fourth-order valence-electron chi connectivity index (χ4n) is 2.01. The Labute approximate surface area is 105 Å². The number of amidine groups is 1. The Hall–Kier alpha value is -1.36. The van der Waals surface area contributed by atoms with Crippen molar-refractivity contribution in [1.29, 1.82) is 0 Å². The third kappa shape index (κ3) is 2.85. The first-order valence-corrected chi connectivity index (χ1v) is 6.88. The summed E-state index contributed by atoms with van der Waals surface area (Å²) in [6.45, 7) is 2.04. The lowest BCUT2D eigenvalue weighted by atomic mass is 10.1. The molecule has 1 aliphatic rings. The van der Waals surface area contributed by atoms with Gasteiger partial charge in [0.25, 0.3) is 0 Å². The van der Waals surface area contributed by atoms with Gasteiger partial charge in [-0.05, 0) is 24.3 Å². The van der Waals surface area contributed by atoms with E-state index in [0.717, 1.165) is 30.1 Å². The van der Waals surface area contributed by atoms with Crippen LogP contribution in [0.1, 0.15) is 12.0 Å². The SMILES string of the molecule is NC(=NO)c1ccccc1N1CCCSCC1. The number of benzene rings is 1. The molecule has 0 amide bonds. The lowest BCUT2D eigenvalue weighted by molar-refractivity contribution is 0.318. The van der Waals surface area contributed by atoms with Crippen LogP contribution in [0.15, 0.2) is 29.4 Å². The molecule has 0 unspecified atom stereocenters. The van der Waals surface area contributed by atoms with Crippen molar-refractivity contribution in [3.8, 4) is 0 Å². The van der Waals surface area contributed by atoms with Crippen molar-refractivity contribution >= 4 is 23.3 Å².